The lowest BCUT2D eigenvalue weighted by Gasteiger charge is -2.13. The van der Waals surface area contributed by atoms with Crippen LogP contribution >= 0.6 is 0 Å². The lowest BCUT2D eigenvalue weighted by molar-refractivity contribution is 0.769. The SMILES string of the molecule is O=c1c2ccccc2c(-c2ccccc2)cn1Cc1ccccc1. The fourth-order valence-electron chi connectivity index (χ4n) is 3.09. The molecule has 0 aliphatic rings. The number of hydrogen-bond donors (Lipinski definition) is 0. The zero-order valence-electron chi connectivity index (χ0n) is 13.2. The maximum Gasteiger partial charge on any atom is 0.258 e. The molecule has 2 nitrogen and oxygen atoms in total. The van der Waals surface area contributed by atoms with E-state index in [0.29, 0.717) is 6.54 Å². The van der Waals surface area contributed by atoms with Crippen LogP contribution in [-0.4, -0.2) is 4.57 Å². The monoisotopic (exact) mass is 311 g/mol. The van der Waals surface area contributed by atoms with Crippen molar-refractivity contribution < 1.29 is 0 Å². The smallest absolute Gasteiger partial charge is 0.258 e. The van der Waals surface area contributed by atoms with Gasteiger partial charge in [-0.05, 0) is 22.6 Å². The highest BCUT2D eigenvalue weighted by Crippen LogP contribution is 2.26. The summed E-state index contributed by atoms with van der Waals surface area (Å²) in [6.07, 6.45) is 1.98. The molecule has 0 radical (unpaired) electrons. The first-order chi connectivity index (χ1) is 11.8. The van der Waals surface area contributed by atoms with Crippen molar-refractivity contribution in [3.05, 3.63) is 107 Å². The van der Waals surface area contributed by atoms with E-state index in [2.05, 4.69) is 12.1 Å². The Morgan fingerprint density at radius 1 is 0.667 bits per heavy atom. The first kappa shape index (κ1) is 14.5. The molecule has 1 heterocycles. The van der Waals surface area contributed by atoms with Gasteiger partial charge in [-0.25, -0.2) is 0 Å². The molecule has 0 aliphatic carbocycles. The molecule has 0 unspecified atom stereocenters. The number of aromatic nitrogens is 1. The molecule has 2 heteroatoms. The predicted octanol–water partition coefficient (Wildman–Crippen LogP) is 4.72. The summed E-state index contributed by atoms with van der Waals surface area (Å²) in [6, 6.07) is 28.1. The van der Waals surface area contributed by atoms with Crippen LogP contribution in [0.25, 0.3) is 21.9 Å². The third-order valence-corrected chi connectivity index (χ3v) is 4.27. The number of pyridine rings is 1. The van der Waals surface area contributed by atoms with Crippen molar-refractivity contribution in [1.29, 1.82) is 0 Å². The van der Waals surface area contributed by atoms with Crippen molar-refractivity contribution in [3.63, 3.8) is 0 Å². The van der Waals surface area contributed by atoms with E-state index in [1.165, 1.54) is 0 Å². The van der Waals surface area contributed by atoms with Crippen molar-refractivity contribution in [2.75, 3.05) is 0 Å². The third kappa shape index (κ3) is 2.63. The highest BCUT2D eigenvalue weighted by molar-refractivity contribution is 5.95. The van der Waals surface area contributed by atoms with E-state index in [9.17, 15) is 4.79 Å². The Bertz CT molecular complexity index is 1030. The van der Waals surface area contributed by atoms with Crippen LogP contribution in [0.3, 0.4) is 0 Å². The number of hydrogen-bond acceptors (Lipinski definition) is 1. The lowest BCUT2D eigenvalue weighted by Crippen LogP contribution is -2.20. The quantitative estimate of drug-likeness (QED) is 0.537. The Morgan fingerprint density at radius 3 is 1.96 bits per heavy atom. The van der Waals surface area contributed by atoms with E-state index in [1.807, 2.05) is 79.0 Å². The van der Waals surface area contributed by atoms with Gasteiger partial charge in [-0.15, -0.1) is 0 Å². The van der Waals surface area contributed by atoms with Crippen molar-refractivity contribution >= 4 is 10.8 Å². The van der Waals surface area contributed by atoms with Gasteiger partial charge >= 0.3 is 0 Å². The number of nitrogens with zero attached hydrogens (tertiary/aromatic N) is 1. The first-order valence-corrected chi connectivity index (χ1v) is 8.04. The molecule has 0 saturated carbocycles. The molecule has 0 bridgehead atoms. The highest BCUT2D eigenvalue weighted by atomic mass is 16.1. The summed E-state index contributed by atoms with van der Waals surface area (Å²) in [5, 5.41) is 1.76. The topological polar surface area (TPSA) is 22.0 Å². The second-order valence-electron chi connectivity index (χ2n) is 5.87. The van der Waals surface area contributed by atoms with E-state index in [0.717, 1.165) is 27.5 Å². The average Bonchev–Trinajstić information content (AvgIpc) is 2.66. The summed E-state index contributed by atoms with van der Waals surface area (Å²) in [5.74, 6) is 0. The number of benzene rings is 3. The second kappa shape index (κ2) is 6.17. The molecular weight excluding hydrogens is 294 g/mol. The molecule has 24 heavy (non-hydrogen) atoms. The van der Waals surface area contributed by atoms with Gasteiger partial charge in [-0.1, -0.05) is 78.9 Å². The molecule has 4 rings (SSSR count). The van der Waals surface area contributed by atoms with E-state index in [1.54, 1.807) is 4.57 Å². The van der Waals surface area contributed by atoms with Crippen molar-refractivity contribution in [3.8, 4) is 11.1 Å². The Morgan fingerprint density at radius 2 is 1.25 bits per heavy atom. The number of fused-ring (bicyclic) bond motifs is 1. The maximum absolute atomic E-state index is 12.9. The molecule has 116 valence electrons. The van der Waals surface area contributed by atoms with Crippen molar-refractivity contribution in [1.82, 2.24) is 4.57 Å². The Hall–Kier alpha value is -3.13. The van der Waals surface area contributed by atoms with Crippen LogP contribution in [-0.2, 0) is 6.54 Å². The molecule has 0 atom stereocenters. The standard InChI is InChI=1S/C22H17NO/c24-22-20-14-8-7-13-19(20)21(18-11-5-2-6-12-18)16-23(22)15-17-9-3-1-4-10-17/h1-14,16H,15H2. The molecule has 3 aromatic carbocycles. The largest absolute Gasteiger partial charge is 0.310 e. The fourth-order valence-corrected chi connectivity index (χ4v) is 3.09. The molecule has 0 saturated heterocycles. The summed E-state index contributed by atoms with van der Waals surface area (Å²) < 4.78 is 1.81. The molecule has 1 aromatic heterocycles. The second-order valence-corrected chi connectivity index (χ2v) is 5.87. The van der Waals surface area contributed by atoms with Gasteiger partial charge in [0.05, 0.1) is 6.54 Å². The molecule has 0 aliphatic heterocycles. The van der Waals surface area contributed by atoms with Gasteiger partial charge in [0.1, 0.15) is 0 Å². The van der Waals surface area contributed by atoms with Crippen LogP contribution in [0.15, 0.2) is 95.9 Å². The molecule has 0 N–H and O–H groups in total. The minimum absolute atomic E-state index is 0.0501. The summed E-state index contributed by atoms with van der Waals surface area (Å²) in [7, 11) is 0. The average molecular weight is 311 g/mol. The maximum atomic E-state index is 12.9. The van der Waals surface area contributed by atoms with Gasteiger partial charge in [0, 0.05) is 17.1 Å². The van der Waals surface area contributed by atoms with E-state index in [-0.39, 0.29) is 5.56 Å². The summed E-state index contributed by atoms with van der Waals surface area (Å²) in [4.78, 5) is 12.9. The Balaban J connectivity index is 1.95. The summed E-state index contributed by atoms with van der Waals surface area (Å²) in [5.41, 5.74) is 3.38. The summed E-state index contributed by atoms with van der Waals surface area (Å²) in [6.45, 7) is 0.574. The Kier molecular flexibility index (Phi) is 3.72. The van der Waals surface area contributed by atoms with E-state index < -0.39 is 0 Å². The van der Waals surface area contributed by atoms with Crippen LogP contribution in [0.2, 0.25) is 0 Å². The first-order valence-electron chi connectivity index (χ1n) is 8.04. The van der Waals surface area contributed by atoms with Gasteiger partial charge in [0.15, 0.2) is 0 Å². The predicted molar refractivity (Wildman–Crippen MR) is 99.2 cm³/mol. The van der Waals surface area contributed by atoms with Gasteiger partial charge in [0.2, 0.25) is 0 Å². The van der Waals surface area contributed by atoms with Crippen LogP contribution in [0, 0.1) is 0 Å². The van der Waals surface area contributed by atoms with Crippen LogP contribution in [0.5, 0.6) is 0 Å². The minimum atomic E-state index is 0.0501. The molecule has 0 fully saturated rings. The van der Waals surface area contributed by atoms with Crippen molar-refractivity contribution in [2.24, 2.45) is 0 Å². The Labute approximate surface area is 140 Å². The molecular formula is C22H17NO. The van der Waals surface area contributed by atoms with Gasteiger partial charge in [-0.3, -0.25) is 4.79 Å². The summed E-state index contributed by atoms with van der Waals surface area (Å²) >= 11 is 0. The van der Waals surface area contributed by atoms with Gasteiger partial charge in [-0.2, -0.15) is 0 Å². The van der Waals surface area contributed by atoms with E-state index >= 15 is 0 Å². The fraction of sp³-hybridized carbons (Fsp3) is 0.0455. The highest BCUT2D eigenvalue weighted by Gasteiger charge is 2.10. The minimum Gasteiger partial charge on any atom is -0.310 e. The van der Waals surface area contributed by atoms with Gasteiger partial charge in [0.25, 0.3) is 5.56 Å². The zero-order valence-corrected chi connectivity index (χ0v) is 13.2. The number of rotatable bonds is 3. The zero-order chi connectivity index (χ0) is 16.4. The van der Waals surface area contributed by atoms with Crippen molar-refractivity contribution in [2.45, 2.75) is 6.54 Å². The third-order valence-electron chi connectivity index (χ3n) is 4.27. The van der Waals surface area contributed by atoms with E-state index in [4.69, 9.17) is 0 Å². The van der Waals surface area contributed by atoms with Crippen LogP contribution in [0.1, 0.15) is 5.56 Å². The normalized spacial score (nSPS) is 10.8. The molecule has 4 aromatic rings. The van der Waals surface area contributed by atoms with Crippen LogP contribution < -0.4 is 5.56 Å². The van der Waals surface area contributed by atoms with Gasteiger partial charge < -0.3 is 4.57 Å². The lowest BCUT2D eigenvalue weighted by atomic mass is 10.0. The van der Waals surface area contributed by atoms with Crippen LogP contribution in [0.4, 0.5) is 0 Å². The molecule has 0 amide bonds. The molecule has 0 spiro atoms.